The summed E-state index contributed by atoms with van der Waals surface area (Å²) in [5, 5.41) is 0. The first-order chi connectivity index (χ1) is 13.3. The van der Waals surface area contributed by atoms with E-state index in [9.17, 15) is 18.0 Å². The van der Waals surface area contributed by atoms with Crippen LogP contribution in [-0.2, 0) is 17.4 Å². The monoisotopic (exact) mass is 390 g/mol. The number of nitrogens with two attached hydrogens (primary N) is 1. The van der Waals surface area contributed by atoms with E-state index in [2.05, 4.69) is 12.1 Å². The zero-order valence-corrected chi connectivity index (χ0v) is 15.8. The molecule has 0 aromatic heterocycles. The third-order valence-corrected chi connectivity index (χ3v) is 5.53. The van der Waals surface area contributed by atoms with Gasteiger partial charge in [0.05, 0.1) is 5.56 Å². The Balaban J connectivity index is 1.65. The van der Waals surface area contributed by atoms with Gasteiger partial charge in [0.25, 0.3) is 0 Å². The van der Waals surface area contributed by atoms with Crippen LogP contribution in [0.1, 0.15) is 29.5 Å². The molecule has 28 heavy (non-hydrogen) atoms. The van der Waals surface area contributed by atoms with Gasteiger partial charge in [0.2, 0.25) is 5.91 Å². The number of benzene rings is 2. The van der Waals surface area contributed by atoms with Crippen molar-refractivity contribution in [2.75, 3.05) is 19.6 Å². The number of hydrogen-bond acceptors (Lipinski definition) is 2. The molecule has 2 aromatic carbocycles. The van der Waals surface area contributed by atoms with Gasteiger partial charge in [-0.3, -0.25) is 4.79 Å². The highest BCUT2D eigenvalue weighted by Gasteiger charge is 2.36. The number of carbonyl (C=O) groups excluding carboxylic acids is 1. The SMILES string of the molecule is CC(Cc1ccc(C(F)(F)F)cc1)C(=O)N1C[C@@H](CN)[C@H](c2ccccc2)C1. The highest BCUT2D eigenvalue weighted by atomic mass is 19.4. The number of halogens is 3. The van der Waals surface area contributed by atoms with Crippen LogP contribution in [0.3, 0.4) is 0 Å². The van der Waals surface area contributed by atoms with Crippen LogP contribution in [0.5, 0.6) is 0 Å². The predicted octanol–water partition coefficient (Wildman–Crippen LogP) is 4.08. The average molecular weight is 390 g/mol. The molecule has 0 saturated carbocycles. The predicted molar refractivity (Wildman–Crippen MR) is 103 cm³/mol. The Morgan fingerprint density at radius 1 is 1.11 bits per heavy atom. The number of likely N-dealkylation sites (tertiary alicyclic amines) is 1. The van der Waals surface area contributed by atoms with Gasteiger partial charge in [-0.2, -0.15) is 13.2 Å². The van der Waals surface area contributed by atoms with Crippen molar-refractivity contribution >= 4 is 5.91 Å². The number of carbonyl (C=O) groups is 1. The smallest absolute Gasteiger partial charge is 0.341 e. The zero-order valence-electron chi connectivity index (χ0n) is 15.8. The second kappa shape index (κ2) is 8.35. The zero-order chi connectivity index (χ0) is 20.3. The quantitative estimate of drug-likeness (QED) is 0.836. The van der Waals surface area contributed by atoms with E-state index in [1.807, 2.05) is 30.0 Å². The molecule has 3 nitrogen and oxygen atoms in total. The lowest BCUT2D eigenvalue weighted by Gasteiger charge is -2.21. The Labute approximate surface area is 163 Å². The minimum atomic E-state index is -4.35. The third kappa shape index (κ3) is 4.55. The molecule has 0 bridgehead atoms. The highest BCUT2D eigenvalue weighted by molar-refractivity contribution is 5.79. The fourth-order valence-electron chi connectivity index (χ4n) is 3.95. The van der Waals surface area contributed by atoms with Crippen LogP contribution in [0.15, 0.2) is 54.6 Å². The highest BCUT2D eigenvalue weighted by Crippen LogP contribution is 2.33. The molecule has 1 aliphatic heterocycles. The molecule has 3 rings (SSSR count). The molecule has 1 unspecified atom stereocenters. The first-order valence-corrected chi connectivity index (χ1v) is 9.49. The van der Waals surface area contributed by atoms with Crippen molar-refractivity contribution in [2.24, 2.45) is 17.6 Å². The van der Waals surface area contributed by atoms with Crippen molar-refractivity contribution in [1.82, 2.24) is 4.90 Å². The average Bonchev–Trinajstić information content (AvgIpc) is 3.12. The summed E-state index contributed by atoms with van der Waals surface area (Å²) in [7, 11) is 0. The van der Waals surface area contributed by atoms with E-state index in [1.54, 1.807) is 0 Å². The maximum Gasteiger partial charge on any atom is 0.416 e. The first kappa shape index (κ1) is 20.4. The molecule has 3 atom stereocenters. The van der Waals surface area contributed by atoms with Crippen molar-refractivity contribution in [3.63, 3.8) is 0 Å². The van der Waals surface area contributed by atoms with Gasteiger partial charge in [0.1, 0.15) is 0 Å². The Kier molecular flexibility index (Phi) is 6.08. The largest absolute Gasteiger partial charge is 0.416 e. The lowest BCUT2D eigenvalue weighted by atomic mass is 9.89. The van der Waals surface area contributed by atoms with E-state index in [-0.39, 0.29) is 23.7 Å². The van der Waals surface area contributed by atoms with Gasteiger partial charge >= 0.3 is 6.18 Å². The Hall–Kier alpha value is -2.34. The second-order valence-corrected chi connectivity index (χ2v) is 7.56. The van der Waals surface area contributed by atoms with Crippen LogP contribution in [0.2, 0.25) is 0 Å². The molecule has 2 aromatic rings. The Morgan fingerprint density at radius 3 is 2.32 bits per heavy atom. The van der Waals surface area contributed by atoms with Gasteiger partial charge in [-0.15, -0.1) is 0 Å². The Bertz CT molecular complexity index is 790. The summed E-state index contributed by atoms with van der Waals surface area (Å²) in [6.07, 6.45) is -3.93. The van der Waals surface area contributed by atoms with Crippen LogP contribution in [-0.4, -0.2) is 30.4 Å². The van der Waals surface area contributed by atoms with Gasteiger partial charge in [0.15, 0.2) is 0 Å². The van der Waals surface area contributed by atoms with Crippen molar-refractivity contribution in [3.8, 4) is 0 Å². The van der Waals surface area contributed by atoms with E-state index in [4.69, 9.17) is 5.73 Å². The first-order valence-electron chi connectivity index (χ1n) is 9.49. The fraction of sp³-hybridized carbons (Fsp3) is 0.409. The molecule has 150 valence electrons. The fourth-order valence-corrected chi connectivity index (χ4v) is 3.95. The third-order valence-electron chi connectivity index (χ3n) is 5.53. The molecule has 1 amide bonds. The summed E-state index contributed by atoms with van der Waals surface area (Å²) >= 11 is 0. The van der Waals surface area contributed by atoms with Crippen molar-refractivity contribution in [1.29, 1.82) is 0 Å². The molecule has 0 aliphatic carbocycles. The topological polar surface area (TPSA) is 46.3 Å². The molecule has 1 fully saturated rings. The molecule has 1 aliphatic rings. The number of amides is 1. The molecule has 1 heterocycles. The lowest BCUT2D eigenvalue weighted by Crippen LogP contribution is -2.34. The summed E-state index contributed by atoms with van der Waals surface area (Å²) in [6.45, 7) is 3.58. The van der Waals surface area contributed by atoms with Gasteiger partial charge in [0, 0.05) is 24.9 Å². The molecular weight excluding hydrogens is 365 g/mol. The van der Waals surface area contributed by atoms with Gasteiger partial charge in [-0.05, 0) is 42.1 Å². The van der Waals surface area contributed by atoms with Crippen LogP contribution < -0.4 is 5.73 Å². The van der Waals surface area contributed by atoms with Crippen molar-refractivity contribution < 1.29 is 18.0 Å². The molecule has 1 saturated heterocycles. The van der Waals surface area contributed by atoms with Gasteiger partial charge < -0.3 is 10.6 Å². The normalized spacial score (nSPS) is 21.0. The number of hydrogen-bond donors (Lipinski definition) is 1. The summed E-state index contributed by atoms with van der Waals surface area (Å²) in [6, 6.07) is 15.1. The Morgan fingerprint density at radius 2 is 1.75 bits per heavy atom. The second-order valence-electron chi connectivity index (χ2n) is 7.56. The minimum absolute atomic E-state index is 0.0248. The maximum atomic E-state index is 12.9. The summed E-state index contributed by atoms with van der Waals surface area (Å²) < 4.78 is 38.1. The van der Waals surface area contributed by atoms with Crippen molar-refractivity contribution in [2.45, 2.75) is 25.4 Å². The maximum absolute atomic E-state index is 12.9. The molecule has 6 heteroatoms. The minimum Gasteiger partial charge on any atom is -0.341 e. The molecule has 0 spiro atoms. The number of rotatable bonds is 5. The lowest BCUT2D eigenvalue weighted by molar-refractivity contribution is -0.137. The van der Waals surface area contributed by atoms with Crippen LogP contribution in [0, 0.1) is 11.8 Å². The number of nitrogens with zero attached hydrogens (tertiary/aromatic N) is 1. The van der Waals surface area contributed by atoms with E-state index >= 15 is 0 Å². The molecule has 2 N–H and O–H groups in total. The van der Waals surface area contributed by atoms with Gasteiger partial charge in [-0.1, -0.05) is 49.4 Å². The summed E-state index contributed by atoms with van der Waals surface area (Å²) in [5.74, 6) is 0.152. The summed E-state index contributed by atoms with van der Waals surface area (Å²) in [4.78, 5) is 14.8. The standard InChI is InChI=1S/C22H25F3N2O/c1-15(11-16-7-9-19(10-8-16)22(23,24)25)21(28)27-13-18(12-26)20(14-27)17-5-3-2-4-6-17/h2-10,15,18,20H,11-14,26H2,1H3/t15?,18-,20+/m1/s1. The van der Waals surface area contributed by atoms with E-state index in [1.165, 1.54) is 17.7 Å². The van der Waals surface area contributed by atoms with Crippen LogP contribution in [0.4, 0.5) is 13.2 Å². The van der Waals surface area contributed by atoms with E-state index < -0.39 is 11.7 Å². The van der Waals surface area contributed by atoms with E-state index in [0.717, 1.165) is 17.7 Å². The molecule has 0 radical (unpaired) electrons. The van der Waals surface area contributed by atoms with Gasteiger partial charge in [-0.25, -0.2) is 0 Å². The van der Waals surface area contributed by atoms with E-state index in [0.29, 0.717) is 26.1 Å². The van der Waals surface area contributed by atoms with Crippen LogP contribution >= 0.6 is 0 Å². The number of alkyl halides is 3. The van der Waals surface area contributed by atoms with Crippen molar-refractivity contribution in [3.05, 3.63) is 71.3 Å². The molecular formula is C22H25F3N2O. The summed E-state index contributed by atoms with van der Waals surface area (Å²) in [5.41, 5.74) is 7.18. The van der Waals surface area contributed by atoms with Crippen LogP contribution in [0.25, 0.3) is 0 Å².